The topological polar surface area (TPSA) is 12.0 Å². The summed E-state index contributed by atoms with van der Waals surface area (Å²) in [6.45, 7) is 3.42. The summed E-state index contributed by atoms with van der Waals surface area (Å²) in [5.74, 6) is 1.30. The summed E-state index contributed by atoms with van der Waals surface area (Å²) < 4.78 is 0. The first-order valence-electron chi connectivity index (χ1n) is 7.65. The molecule has 1 aromatic carbocycles. The van der Waals surface area contributed by atoms with Gasteiger partial charge in [-0.1, -0.05) is 56.5 Å². The molecule has 0 aliphatic heterocycles. The van der Waals surface area contributed by atoms with Crippen LogP contribution < -0.4 is 5.32 Å². The number of benzene rings is 1. The molecular weight excluding hydrogens is 250 g/mol. The molecule has 0 aliphatic carbocycles. The average molecular weight is 279 g/mol. The van der Waals surface area contributed by atoms with E-state index in [1.807, 2.05) is 11.8 Å². The van der Waals surface area contributed by atoms with Crippen molar-refractivity contribution in [1.29, 1.82) is 0 Å². The Bertz CT molecular complexity index is 299. The lowest BCUT2D eigenvalue weighted by Gasteiger charge is -2.19. The Hall–Kier alpha value is -0.470. The van der Waals surface area contributed by atoms with E-state index in [2.05, 4.69) is 48.8 Å². The molecule has 108 valence electrons. The van der Waals surface area contributed by atoms with E-state index in [1.165, 1.54) is 49.8 Å². The molecule has 1 nitrogen and oxygen atoms in total. The fourth-order valence-electron chi connectivity index (χ4n) is 2.30. The maximum absolute atomic E-state index is 3.74. The van der Waals surface area contributed by atoms with Gasteiger partial charge >= 0.3 is 0 Å². The van der Waals surface area contributed by atoms with Crippen LogP contribution in [0.25, 0.3) is 0 Å². The van der Waals surface area contributed by atoms with Crippen molar-refractivity contribution in [2.75, 3.05) is 18.6 Å². The van der Waals surface area contributed by atoms with Crippen molar-refractivity contribution in [1.82, 2.24) is 5.32 Å². The van der Waals surface area contributed by atoms with Crippen molar-refractivity contribution in [3.05, 3.63) is 35.9 Å². The Morgan fingerprint density at radius 2 is 1.84 bits per heavy atom. The van der Waals surface area contributed by atoms with E-state index < -0.39 is 0 Å². The Labute approximate surface area is 123 Å². The molecule has 0 fully saturated rings. The summed E-state index contributed by atoms with van der Waals surface area (Å²) in [4.78, 5) is 0. The Balaban J connectivity index is 2.30. The highest BCUT2D eigenvalue weighted by atomic mass is 32.2. The van der Waals surface area contributed by atoms with Gasteiger partial charge in [0.15, 0.2) is 0 Å². The summed E-state index contributed by atoms with van der Waals surface area (Å²) in [5.41, 5.74) is 1.44. The zero-order valence-electron chi connectivity index (χ0n) is 12.5. The minimum Gasteiger partial charge on any atom is -0.310 e. The van der Waals surface area contributed by atoms with Crippen LogP contribution in [0.1, 0.15) is 57.1 Å². The molecule has 0 amide bonds. The van der Waals surface area contributed by atoms with E-state index in [9.17, 15) is 0 Å². The van der Waals surface area contributed by atoms with Gasteiger partial charge < -0.3 is 5.32 Å². The highest BCUT2D eigenvalue weighted by molar-refractivity contribution is 7.98. The van der Waals surface area contributed by atoms with Crippen LogP contribution in [0.2, 0.25) is 0 Å². The molecule has 1 aromatic rings. The summed E-state index contributed by atoms with van der Waals surface area (Å²) in [5, 5.41) is 3.74. The average Bonchev–Trinajstić information content (AvgIpc) is 2.46. The van der Waals surface area contributed by atoms with Crippen LogP contribution in [0.4, 0.5) is 0 Å². The molecule has 0 saturated heterocycles. The molecule has 1 unspecified atom stereocenters. The fourth-order valence-corrected chi connectivity index (χ4v) is 2.80. The molecule has 1 atom stereocenters. The van der Waals surface area contributed by atoms with E-state index in [4.69, 9.17) is 0 Å². The maximum atomic E-state index is 3.74. The smallest absolute Gasteiger partial charge is 0.0320 e. The summed E-state index contributed by atoms with van der Waals surface area (Å²) in [6, 6.07) is 11.4. The van der Waals surface area contributed by atoms with Gasteiger partial charge in [-0.05, 0) is 43.4 Å². The van der Waals surface area contributed by atoms with Gasteiger partial charge in [0.2, 0.25) is 0 Å². The number of hydrogen-bond donors (Lipinski definition) is 1. The Kier molecular flexibility index (Phi) is 9.92. The highest BCUT2D eigenvalue weighted by Gasteiger charge is 2.09. The van der Waals surface area contributed by atoms with Crippen molar-refractivity contribution >= 4 is 11.8 Å². The largest absolute Gasteiger partial charge is 0.310 e. The second kappa shape index (κ2) is 11.4. The van der Waals surface area contributed by atoms with E-state index in [0.29, 0.717) is 6.04 Å². The third-order valence-electron chi connectivity index (χ3n) is 3.46. The van der Waals surface area contributed by atoms with Crippen molar-refractivity contribution in [3.8, 4) is 0 Å². The summed E-state index contributed by atoms with van der Waals surface area (Å²) >= 11 is 1.95. The van der Waals surface area contributed by atoms with Crippen molar-refractivity contribution in [2.24, 2.45) is 0 Å². The van der Waals surface area contributed by atoms with Crippen LogP contribution in [0.15, 0.2) is 30.3 Å². The van der Waals surface area contributed by atoms with Crippen molar-refractivity contribution in [3.63, 3.8) is 0 Å². The standard InChI is InChI=1S/C17H29NS/c1-3-4-13-17(16-11-7-5-8-12-16)18-14-9-6-10-15-19-2/h5,7-8,11-12,17-18H,3-4,6,9-10,13-15H2,1-2H3. The van der Waals surface area contributed by atoms with Gasteiger partial charge in [-0.2, -0.15) is 11.8 Å². The normalized spacial score (nSPS) is 12.5. The van der Waals surface area contributed by atoms with E-state index in [-0.39, 0.29) is 0 Å². The lowest BCUT2D eigenvalue weighted by Crippen LogP contribution is -2.22. The first kappa shape index (κ1) is 16.6. The zero-order valence-corrected chi connectivity index (χ0v) is 13.3. The monoisotopic (exact) mass is 279 g/mol. The van der Waals surface area contributed by atoms with E-state index >= 15 is 0 Å². The van der Waals surface area contributed by atoms with Gasteiger partial charge in [0.25, 0.3) is 0 Å². The predicted molar refractivity (Wildman–Crippen MR) is 88.9 cm³/mol. The molecule has 2 heteroatoms. The quantitative estimate of drug-likeness (QED) is 0.569. The molecule has 19 heavy (non-hydrogen) atoms. The van der Waals surface area contributed by atoms with Gasteiger partial charge in [-0.25, -0.2) is 0 Å². The SMILES string of the molecule is CCCCC(NCCCCCSC)c1ccccc1. The summed E-state index contributed by atoms with van der Waals surface area (Å²) in [6.07, 6.45) is 10.0. The van der Waals surface area contributed by atoms with Crippen molar-refractivity contribution < 1.29 is 0 Å². The minimum absolute atomic E-state index is 0.543. The molecule has 0 bridgehead atoms. The Morgan fingerprint density at radius 1 is 1.05 bits per heavy atom. The number of nitrogens with one attached hydrogen (secondary N) is 1. The first-order chi connectivity index (χ1) is 9.38. The molecule has 0 aliphatic rings. The molecule has 1 N–H and O–H groups in total. The van der Waals surface area contributed by atoms with E-state index in [1.54, 1.807) is 0 Å². The van der Waals surface area contributed by atoms with Gasteiger partial charge in [-0.3, -0.25) is 0 Å². The van der Waals surface area contributed by atoms with Gasteiger partial charge in [0.1, 0.15) is 0 Å². The third-order valence-corrected chi connectivity index (χ3v) is 4.16. The Morgan fingerprint density at radius 3 is 2.53 bits per heavy atom. The van der Waals surface area contributed by atoms with Gasteiger partial charge in [0.05, 0.1) is 0 Å². The molecular formula is C17H29NS. The predicted octanol–water partition coefficient (Wildman–Crippen LogP) is 5.04. The molecule has 0 spiro atoms. The highest BCUT2D eigenvalue weighted by Crippen LogP contribution is 2.19. The summed E-state index contributed by atoms with van der Waals surface area (Å²) in [7, 11) is 0. The molecule has 0 radical (unpaired) electrons. The van der Waals surface area contributed by atoms with Crippen LogP contribution in [0, 0.1) is 0 Å². The second-order valence-electron chi connectivity index (χ2n) is 5.11. The molecule has 1 rings (SSSR count). The number of hydrogen-bond acceptors (Lipinski definition) is 2. The van der Waals surface area contributed by atoms with Gasteiger partial charge in [0, 0.05) is 6.04 Å². The lowest BCUT2D eigenvalue weighted by molar-refractivity contribution is 0.470. The van der Waals surface area contributed by atoms with E-state index in [0.717, 1.165) is 6.54 Å². The zero-order chi connectivity index (χ0) is 13.8. The van der Waals surface area contributed by atoms with Crippen LogP contribution >= 0.6 is 11.8 Å². The maximum Gasteiger partial charge on any atom is 0.0320 e. The van der Waals surface area contributed by atoms with Crippen LogP contribution in [0.3, 0.4) is 0 Å². The fraction of sp³-hybridized carbons (Fsp3) is 0.647. The number of thioether (sulfide) groups is 1. The molecule has 0 heterocycles. The number of rotatable bonds is 11. The van der Waals surface area contributed by atoms with Crippen LogP contribution in [-0.2, 0) is 0 Å². The second-order valence-corrected chi connectivity index (χ2v) is 6.10. The lowest BCUT2D eigenvalue weighted by atomic mass is 10.0. The first-order valence-corrected chi connectivity index (χ1v) is 9.05. The van der Waals surface area contributed by atoms with Gasteiger partial charge in [-0.15, -0.1) is 0 Å². The third kappa shape index (κ3) is 7.64. The molecule has 0 saturated carbocycles. The molecule has 0 aromatic heterocycles. The number of unbranched alkanes of at least 4 members (excludes halogenated alkanes) is 3. The van der Waals surface area contributed by atoms with Crippen LogP contribution in [-0.4, -0.2) is 18.6 Å². The van der Waals surface area contributed by atoms with Crippen LogP contribution in [0.5, 0.6) is 0 Å². The minimum atomic E-state index is 0.543. The van der Waals surface area contributed by atoms with Crippen molar-refractivity contribution in [2.45, 2.75) is 51.5 Å².